The molecule has 1 aliphatic heterocycles. The molecule has 0 N–H and O–H groups in total. The van der Waals surface area contributed by atoms with E-state index in [1.165, 1.54) is 23.5 Å². The van der Waals surface area contributed by atoms with Crippen LogP contribution < -0.4 is 4.74 Å². The van der Waals surface area contributed by atoms with Crippen LogP contribution in [0.3, 0.4) is 0 Å². The third-order valence-corrected chi connectivity index (χ3v) is 4.92. The Bertz CT molecular complexity index is 829. The fourth-order valence-corrected chi connectivity index (χ4v) is 3.61. The molecule has 0 radical (unpaired) electrons. The third kappa shape index (κ3) is 4.21. The van der Waals surface area contributed by atoms with Crippen LogP contribution in [0.15, 0.2) is 18.2 Å². The quantitative estimate of drug-likeness (QED) is 0.589. The molecule has 2 aromatic rings. The Hall–Kier alpha value is -2.42. The van der Waals surface area contributed by atoms with Gasteiger partial charge in [-0.05, 0) is 39.7 Å². The smallest absolute Gasteiger partial charge is 0.410 e. The Balaban J connectivity index is 1.65. The molecular weight excluding hydrogens is 358 g/mol. The van der Waals surface area contributed by atoms with Gasteiger partial charge in [0.1, 0.15) is 12.2 Å². The average molecular weight is 379 g/mol. The van der Waals surface area contributed by atoms with Crippen LogP contribution in [-0.4, -0.2) is 45.7 Å². The fourth-order valence-electron chi connectivity index (χ4n) is 2.81. The molecule has 9 heteroatoms. The van der Waals surface area contributed by atoms with Gasteiger partial charge in [-0.15, -0.1) is 0 Å². The van der Waals surface area contributed by atoms with Crippen LogP contribution in [0.5, 0.6) is 5.19 Å². The van der Waals surface area contributed by atoms with E-state index >= 15 is 0 Å². The van der Waals surface area contributed by atoms with Gasteiger partial charge in [-0.25, -0.2) is 9.78 Å². The van der Waals surface area contributed by atoms with E-state index in [-0.39, 0.29) is 17.8 Å². The van der Waals surface area contributed by atoms with Crippen LogP contribution in [0.4, 0.5) is 10.5 Å². The topological polar surface area (TPSA) is 94.8 Å². The van der Waals surface area contributed by atoms with Crippen molar-refractivity contribution in [3.8, 4) is 5.19 Å². The number of non-ortho nitro benzene ring substituents is 1. The number of nitro benzene ring substituents is 1. The van der Waals surface area contributed by atoms with E-state index in [9.17, 15) is 14.9 Å². The summed E-state index contributed by atoms with van der Waals surface area (Å²) in [6, 6.07) is 4.49. The second kappa shape index (κ2) is 7.06. The number of aromatic nitrogens is 1. The van der Waals surface area contributed by atoms with E-state index < -0.39 is 10.5 Å². The highest BCUT2D eigenvalue weighted by atomic mass is 32.1. The largest absolute Gasteiger partial charge is 0.468 e. The first-order chi connectivity index (χ1) is 12.2. The number of ether oxygens (including phenoxy) is 2. The average Bonchev–Trinajstić information content (AvgIpc) is 3.16. The molecule has 1 saturated heterocycles. The Morgan fingerprint density at radius 1 is 1.46 bits per heavy atom. The molecule has 26 heavy (non-hydrogen) atoms. The fraction of sp³-hybridized carbons (Fsp3) is 0.529. The number of likely N-dealkylation sites (tertiary alicyclic amines) is 1. The number of amides is 1. The van der Waals surface area contributed by atoms with Gasteiger partial charge in [-0.3, -0.25) is 10.1 Å². The van der Waals surface area contributed by atoms with Gasteiger partial charge in [0.15, 0.2) is 0 Å². The van der Waals surface area contributed by atoms with Crippen molar-refractivity contribution in [1.82, 2.24) is 9.88 Å². The minimum Gasteiger partial charge on any atom is -0.468 e. The van der Waals surface area contributed by atoms with Crippen LogP contribution in [0.25, 0.3) is 10.2 Å². The Morgan fingerprint density at radius 3 is 2.92 bits per heavy atom. The molecule has 0 unspecified atom stereocenters. The lowest BCUT2D eigenvalue weighted by Crippen LogP contribution is -2.42. The molecule has 0 spiro atoms. The highest BCUT2D eigenvalue weighted by molar-refractivity contribution is 7.20. The lowest BCUT2D eigenvalue weighted by atomic mass is 10.2. The Kier molecular flexibility index (Phi) is 4.99. The third-order valence-electron chi connectivity index (χ3n) is 3.97. The van der Waals surface area contributed by atoms with E-state index in [1.54, 1.807) is 11.0 Å². The van der Waals surface area contributed by atoms with Gasteiger partial charge in [-0.1, -0.05) is 11.3 Å². The predicted octanol–water partition coefficient (Wildman–Crippen LogP) is 3.98. The predicted molar refractivity (Wildman–Crippen MR) is 97.7 cm³/mol. The summed E-state index contributed by atoms with van der Waals surface area (Å²) in [7, 11) is 0. The summed E-state index contributed by atoms with van der Waals surface area (Å²) >= 11 is 1.33. The van der Waals surface area contributed by atoms with Crippen molar-refractivity contribution in [2.24, 2.45) is 0 Å². The van der Waals surface area contributed by atoms with E-state index in [0.717, 1.165) is 17.5 Å². The maximum atomic E-state index is 12.3. The highest BCUT2D eigenvalue weighted by Crippen LogP contribution is 2.31. The molecule has 1 aliphatic rings. The number of carbonyl (C=O) groups is 1. The number of fused-ring (bicyclic) bond motifs is 1. The van der Waals surface area contributed by atoms with Crippen LogP contribution in [-0.2, 0) is 4.74 Å². The second-order valence-electron chi connectivity index (χ2n) is 7.17. The van der Waals surface area contributed by atoms with Crippen molar-refractivity contribution < 1.29 is 19.2 Å². The van der Waals surface area contributed by atoms with Gasteiger partial charge >= 0.3 is 6.09 Å². The number of thiazole rings is 1. The number of rotatable bonds is 4. The Morgan fingerprint density at radius 2 is 2.23 bits per heavy atom. The van der Waals surface area contributed by atoms with Crippen LogP contribution in [0, 0.1) is 10.1 Å². The molecule has 3 rings (SSSR count). The molecule has 0 saturated carbocycles. The van der Waals surface area contributed by atoms with Crippen molar-refractivity contribution in [2.45, 2.75) is 45.3 Å². The van der Waals surface area contributed by atoms with Gasteiger partial charge in [0.25, 0.3) is 10.9 Å². The molecule has 2 heterocycles. The summed E-state index contributed by atoms with van der Waals surface area (Å²) in [5.74, 6) is 0. The molecule has 140 valence electrons. The molecule has 1 atom stereocenters. The first-order valence-electron chi connectivity index (χ1n) is 8.40. The number of benzene rings is 1. The van der Waals surface area contributed by atoms with Gasteiger partial charge in [-0.2, -0.15) is 0 Å². The van der Waals surface area contributed by atoms with Crippen molar-refractivity contribution >= 4 is 33.3 Å². The second-order valence-corrected chi connectivity index (χ2v) is 8.16. The van der Waals surface area contributed by atoms with Crippen molar-refractivity contribution in [3.05, 3.63) is 28.3 Å². The summed E-state index contributed by atoms with van der Waals surface area (Å²) < 4.78 is 12.0. The molecule has 1 aromatic heterocycles. The van der Waals surface area contributed by atoms with Gasteiger partial charge < -0.3 is 14.4 Å². The maximum Gasteiger partial charge on any atom is 0.410 e. The Labute approximate surface area is 154 Å². The highest BCUT2D eigenvalue weighted by Gasteiger charge is 2.32. The van der Waals surface area contributed by atoms with Gasteiger partial charge in [0.05, 0.1) is 21.2 Å². The minimum absolute atomic E-state index is 0.00115. The van der Waals surface area contributed by atoms with Crippen molar-refractivity contribution in [2.75, 3.05) is 13.2 Å². The number of nitro groups is 1. The van der Waals surface area contributed by atoms with E-state index in [2.05, 4.69) is 4.98 Å². The maximum absolute atomic E-state index is 12.3. The zero-order valence-corrected chi connectivity index (χ0v) is 15.7. The van der Waals surface area contributed by atoms with Crippen LogP contribution in [0.1, 0.15) is 33.6 Å². The van der Waals surface area contributed by atoms with Gasteiger partial charge in [0, 0.05) is 18.7 Å². The molecule has 1 fully saturated rings. The van der Waals surface area contributed by atoms with Crippen LogP contribution in [0.2, 0.25) is 0 Å². The van der Waals surface area contributed by atoms with E-state index in [0.29, 0.717) is 23.9 Å². The zero-order valence-electron chi connectivity index (χ0n) is 14.9. The zero-order chi connectivity index (χ0) is 18.9. The normalized spacial score (nSPS) is 17.5. The summed E-state index contributed by atoms with van der Waals surface area (Å²) in [6.45, 7) is 6.49. The molecular formula is C17H21N3O5S. The lowest BCUT2D eigenvalue weighted by Gasteiger charge is -2.28. The van der Waals surface area contributed by atoms with Crippen molar-refractivity contribution in [3.63, 3.8) is 0 Å². The number of carbonyl (C=O) groups excluding carboxylic acids is 1. The van der Waals surface area contributed by atoms with E-state index in [4.69, 9.17) is 9.47 Å². The van der Waals surface area contributed by atoms with E-state index in [1.807, 2.05) is 20.8 Å². The molecule has 1 aromatic carbocycles. The molecule has 0 aliphatic carbocycles. The van der Waals surface area contributed by atoms with Crippen LogP contribution >= 0.6 is 11.3 Å². The minimum atomic E-state index is -0.535. The summed E-state index contributed by atoms with van der Waals surface area (Å²) in [6.07, 6.45) is 1.41. The SMILES string of the molecule is CC(C)(C)OC(=O)N1CCC[C@@H]1COc1nc2cc([N+](=O)[O-])ccc2s1. The lowest BCUT2D eigenvalue weighted by molar-refractivity contribution is -0.384. The summed E-state index contributed by atoms with van der Waals surface area (Å²) in [5.41, 5.74) is 0.00295. The monoisotopic (exact) mass is 379 g/mol. The molecule has 1 amide bonds. The summed E-state index contributed by atoms with van der Waals surface area (Å²) in [4.78, 5) is 28.7. The molecule has 0 bridgehead atoms. The first kappa shape index (κ1) is 18.4. The summed E-state index contributed by atoms with van der Waals surface area (Å²) in [5, 5.41) is 11.3. The first-order valence-corrected chi connectivity index (χ1v) is 9.22. The van der Waals surface area contributed by atoms with Crippen molar-refractivity contribution in [1.29, 1.82) is 0 Å². The number of hydrogen-bond acceptors (Lipinski definition) is 7. The number of nitrogens with zero attached hydrogens (tertiary/aromatic N) is 3. The standard InChI is InChI=1S/C17H21N3O5S/c1-17(2,3)25-16(21)19-8-4-5-12(19)10-24-15-18-13-9-11(20(22)23)6-7-14(13)26-15/h6-7,9,12H,4-5,8,10H2,1-3H3/t12-/m1/s1. The van der Waals surface area contributed by atoms with Gasteiger partial charge in [0.2, 0.25) is 0 Å². The number of hydrogen-bond donors (Lipinski definition) is 0. The molecule has 8 nitrogen and oxygen atoms in total.